The first kappa shape index (κ1) is 14.2. The van der Waals surface area contributed by atoms with Gasteiger partial charge in [-0.25, -0.2) is 8.42 Å². The molecule has 2 N–H and O–H groups in total. The minimum atomic E-state index is -3.00. The zero-order valence-corrected chi connectivity index (χ0v) is 10.7. The maximum atomic E-state index is 11.5. The van der Waals surface area contributed by atoms with Crippen LogP contribution in [-0.2, 0) is 21.2 Å². The number of sulfone groups is 1. The van der Waals surface area contributed by atoms with E-state index in [4.69, 9.17) is 10.5 Å². The molecule has 0 unspecified atom stereocenters. The summed E-state index contributed by atoms with van der Waals surface area (Å²) in [5.41, 5.74) is 6.32. The van der Waals surface area contributed by atoms with E-state index in [-0.39, 0.29) is 18.1 Å². The first-order valence-corrected chi connectivity index (χ1v) is 7.48. The summed E-state index contributed by atoms with van der Waals surface area (Å²) in [6.45, 7) is 1.10. The van der Waals surface area contributed by atoms with Crippen molar-refractivity contribution in [2.45, 2.75) is 13.0 Å². The van der Waals surface area contributed by atoms with Crippen molar-refractivity contribution in [2.75, 3.05) is 24.7 Å². The van der Waals surface area contributed by atoms with Crippen LogP contribution in [-0.4, -0.2) is 33.1 Å². The van der Waals surface area contributed by atoms with Crippen LogP contribution in [0.4, 0.5) is 0 Å². The topological polar surface area (TPSA) is 69.4 Å². The molecule has 0 aliphatic carbocycles. The van der Waals surface area contributed by atoms with E-state index in [0.717, 1.165) is 5.56 Å². The van der Waals surface area contributed by atoms with Crippen molar-refractivity contribution in [2.24, 2.45) is 5.73 Å². The van der Waals surface area contributed by atoms with Crippen molar-refractivity contribution in [1.29, 1.82) is 0 Å². The summed E-state index contributed by atoms with van der Waals surface area (Å²) in [5, 5.41) is 0. The smallest absolute Gasteiger partial charge is 0.152 e. The molecule has 1 rings (SSSR count). The third-order valence-corrected chi connectivity index (χ3v) is 4.01. The Bertz CT molecular complexity index is 403. The van der Waals surface area contributed by atoms with Gasteiger partial charge in [0.05, 0.1) is 24.7 Å². The van der Waals surface area contributed by atoms with E-state index in [2.05, 4.69) is 0 Å². The van der Waals surface area contributed by atoms with Crippen LogP contribution in [0.3, 0.4) is 0 Å². The molecule has 0 fully saturated rings. The maximum absolute atomic E-state index is 11.5. The third-order valence-electron chi connectivity index (χ3n) is 2.31. The molecule has 0 aromatic heterocycles. The lowest BCUT2D eigenvalue weighted by Gasteiger charge is -2.05. The molecule has 0 amide bonds. The van der Waals surface area contributed by atoms with Crippen LogP contribution in [0.25, 0.3) is 0 Å². The van der Waals surface area contributed by atoms with E-state index < -0.39 is 9.84 Å². The molecule has 0 heterocycles. The molecular weight excluding hydrogens is 238 g/mol. The predicted octanol–water partition coefficient (Wildman–Crippen LogP) is 0.967. The quantitative estimate of drug-likeness (QED) is 0.704. The van der Waals surface area contributed by atoms with Crippen molar-refractivity contribution in [3.8, 4) is 0 Å². The van der Waals surface area contributed by atoms with Gasteiger partial charge in [-0.2, -0.15) is 0 Å². The van der Waals surface area contributed by atoms with Gasteiger partial charge in [-0.3, -0.25) is 0 Å². The zero-order chi connectivity index (χ0) is 12.6. The molecule has 5 heteroatoms. The molecule has 0 spiro atoms. The number of hydrogen-bond donors (Lipinski definition) is 1. The van der Waals surface area contributed by atoms with Gasteiger partial charge >= 0.3 is 0 Å². The number of ether oxygens (including phenoxy) is 1. The lowest BCUT2D eigenvalue weighted by molar-refractivity contribution is 0.135. The van der Waals surface area contributed by atoms with Gasteiger partial charge in [0.25, 0.3) is 0 Å². The molecule has 0 atom stereocenters. The summed E-state index contributed by atoms with van der Waals surface area (Å²) in [5.74, 6) is 0.220. The zero-order valence-electron chi connectivity index (χ0n) is 9.84. The molecule has 0 bridgehead atoms. The Hall–Kier alpha value is -0.910. The highest BCUT2D eigenvalue weighted by molar-refractivity contribution is 7.91. The summed E-state index contributed by atoms with van der Waals surface area (Å²) < 4.78 is 28.3. The molecule has 0 saturated heterocycles. The fourth-order valence-corrected chi connectivity index (χ4v) is 2.54. The van der Waals surface area contributed by atoms with Crippen LogP contribution in [0, 0.1) is 0 Å². The highest BCUT2D eigenvalue weighted by atomic mass is 32.2. The molecule has 0 aliphatic rings. The highest BCUT2D eigenvalue weighted by Crippen LogP contribution is 2.01. The van der Waals surface area contributed by atoms with Crippen LogP contribution in [0.15, 0.2) is 30.3 Å². The molecular formula is C12H19NO3S. The second-order valence-corrected chi connectivity index (χ2v) is 6.14. The Morgan fingerprint density at radius 3 is 2.47 bits per heavy atom. The molecule has 0 radical (unpaired) electrons. The van der Waals surface area contributed by atoms with E-state index in [9.17, 15) is 8.42 Å². The summed E-state index contributed by atoms with van der Waals surface area (Å²) in [7, 11) is -3.00. The van der Waals surface area contributed by atoms with E-state index in [1.807, 2.05) is 30.3 Å². The molecule has 96 valence electrons. The van der Waals surface area contributed by atoms with Crippen LogP contribution in [0.2, 0.25) is 0 Å². The van der Waals surface area contributed by atoms with Crippen LogP contribution in [0.1, 0.15) is 12.0 Å². The maximum Gasteiger partial charge on any atom is 0.152 e. The second kappa shape index (κ2) is 7.42. The Labute approximate surface area is 103 Å². The minimum Gasteiger partial charge on any atom is -0.376 e. The lowest BCUT2D eigenvalue weighted by atomic mass is 10.2. The second-order valence-electron chi connectivity index (χ2n) is 3.83. The van der Waals surface area contributed by atoms with E-state index in [1.54, 1.807) is 0 Å². The van der Waals surface area contributed by atoms with Gasteiger partial charge in [0.15, 0.2) is 9.84 Å². The minimum absolute atomic E-state index is 0.0693. The SMILES string of the molecule is NCCCS(=O)(=O)CCOCc1ccccc1. The molecule has 0 aliphatic heterocycles. The summed E-state index contributed by atoms with van der Waals surface area (Å²) in [4.78, 5) is 0. The number of benzene rings is 1. The first-order chi connectivity index (χ1) is 8.14. The number of hydrogen-bond acceptors (Lipinski definition) is 4. The van der Waals surface area contributed by atoms with E-state index >= 15 is 0 Å². The van der Waals surface area contributed by atoms with Gasteiger partial charge in [0.1, 0.15) is 0 Å². The van der Waals surface area contributed by atoms with Gasteiger partial charge in [-0.1, -0.05) is 30.3 Å². The lowest BCUT2D eigenvalue weighted by Crippen LogP contribution is -2.17. The molecule has 4 nitrogen and oxygen atoms in total. The molecule has 0 saturated carbocycles. The van der Waals surface area contributed by atoms with Crippen molar-refractivity contribution in [3.63, 3.8) is 0 Å². The van der Waals surface area contributed by atoms with Gasteiger partial charge in [0.2, 0.25) is 0 Å². The number of rotatable bonds is 8. The summed E-state index contributed by atoms with van der Waals surface area (Å²) in [6.07, 6.45) is 0.515. The average Bonchev–Trinajstić information content (AvgIpc) is 2.34. The Morgan fingerprint density at radius 1 is 1.12 bits per heavy atom. The number of nitrogens with two attached hydrogens (primary N) is 1. The Balaban J connectivity index is 2.20. The van der Waals surface area contributed by atoms with Crippen LogP contribution < -0.4 is 5.73 Å². The Morgan fingerprint density at radius 2 is 1.82 bits per heavy atom. The van der Waals surface area contributed by atoms with Crippen molar-refractivity contribution in [1.82, 2.24) is 0 Å². The first-order valence-electron chi connectivity index (χ1n) is 5.66. The van der Waals surface area contributed by atoms with Crippen molar-refractivity contribution >= 4 is 9.84 Å². The fraction of sp³-hybridized carbons (Fsp3) is 0.500. The summed E-state index contributed by atoms with van der Waals surface area (Å²) >= 11 is 0. The van der Waals surface area contributed by atoms with E-state index in [1.165, 1.54) is 0 Å². The molecule has 17 heavy (non-hydrogen) atoms. The molecule has 1 aromatic carbocycles. The predicted molar refractivity (Wildman–Crippen MR) is 68.4 cm³/mol. The van der Waals surface area contributed by atoms with Crippen LogP contribution in [0.5, 0.6) is 0 Å². The molecule has 1 aromatic rings. The standard InChI is InChI=1S/C12H19NO3S/c13-7-4-9-17(14,15)10-8-16-11-12-5-2-1-3-6-12/h1-3,5-6H,4,7-11,13H2. The van der Waals surface area contributed by atoms with Crippen LogP contribution >= 0.6 is 0 Å². The largest absolute Gasteiger partial charge is 0.376 e. The normalized spacial score (nSPS) is 11.6. The average molecular weight is 257 g/mol. The summed E-state index contributed by atoms with van der Waals surface area (Å²) in [6, 6.07) is 9.68. The Kier molecular flexibility index (Phi) is 6.18. The van der Waals surface area contributed by atoms with Crippen molar-refractivity contribution < 1.29 is 13.2 Å². The van der Waals surface area contributed by atoms with Gasteiger partial charge in [0, 0.05) is 0 Å². The monoisotopic (exact) mass is 257 g/mol. The van der Waals surface area contributed by atoms with Crippen molar-refractivity contribution in [3.05, 3.63) is 35.9 Å². The fourth-order valence-electron chi connectivity index (χ4n) is 1.36. The van der Waals surface area contributed by atoms with Gasteiger partial charge in [-0.05, 0) is 18.5 Å². The van der Waals surface area contributed by atoms with E-state index in [0.29, 0.717) is 19.6 Å². The van der Waals surface area contributed by atoms with Gasteiger partial charge < -0.3 is 10.5 Å². The highest BCUT2D eigenvalue weighted by Gasteiger charge is 2.09. The third kappa shape index (κ3) is 6.41. The van der Waals surface area contributed by atoms with Gasteiger partial charge in [-0.15, -0.1) is 0 Å².